The van der Waals surface area contributed by atoms with E-state index in [1.54, 1.807) is 13.8 Å². The van der Waals surface area contributed by atoms with Crippen molar-refractivity contribution in [1.82, 2.24) is 9.80 Å². The van der Waals surface area contributed by atoms with Crippen LogP contribution >= 0.6 is 23.2 Å². The Morgan fingerprint density at radius 3 is 2.16 bits per heavy atom. The summed E-state index contributed by atoms with van der Waals surface area (Å²) in [5.41, 5.74) is 2.94. The van der Waals surface area contributed by atoms with Crippen LogP contribution in [0.1, 0.15) is 31.1 Å². The van der Waals surface area contributed by atoms with Crippen molar-refractivity contribution in [3.05, 3.63) is 59.7 Å². The maximum atomic E-state index is 14.0. The van der Waals surface area contributed by atoms with E-state index >= 15 is 0 Å². The van der Waals surface area contributed by atoms with Crippen LogP contribution in [0.25, 0.3) is 11.1 Å². The van der Waals surface area contributed by atoms with Gasteiger partial charge in [-0.3, -0.25) is 9.69 Å². The van der Waals surface area contributed by atoms with E-state index in [-0.39, 0.29) is 0 Å². The first-order chi connectivity index (χ1) is 15.2. The van der Waals surface area contributed by atoms with Crippen molar-refractivity contribution >= 4 is 29.1 Å². The molecule has 8 heteroatoms. The monoisotopic (exact) mass is 482 g/mol. The van der Waals surface area contributed by atoms with Gasteiger partial charge in [-0.2, -0.15) is 0 Å². The van der Waals surface area contributed by atoms with Crippen LogP contribution in [0.15, 0.2) is 48.5 Å². The van der Waals surface area contributed by atoms with Gasteiger partial charge in [-0.05, 0) is 36.1 Å². The lowest BCUT2D eigenvalue weighted by molar-refractivity contribution is -0.145. The SMILES string of the molecule is CC1(C)OC(c2ccc(-c3ccc(CN4CC(F)C4)cc3)cc2)C(CF)N1C(=O)C(Cl)Cl. The molecule has 1 amide bonds. The van der Waals surface area contributed by atoms with E-state index in [2.05, 4.69) is 17.0 Å². The van der Waals surface area contributed by atoms with Crippen molar-refractivity contribution in [2.75, 3.05) is 19.8 Å². The molecule has 2 aliphatic heterocycles. The maximum Gasteiger partial charge on any atom is 0.258 e. The summed E-state index contributed by atoms with van der Waals surface area (Å²) in [5.74, 6) is -0.569. The lowest BCUT2D eigenvalue weighted by Crippen LogP contribution is -2.50. The van der Waals surface area contributed by atoms with Gasteiger partial charge in [0.15, 0.2) is 4.84 Å². The van der Waals surface area contributed by atoms with Crippen LogP contribution in [0.5, 0.6) is 0 Å². The minimum atomic E-state index is -1.28. The minimum absolute atomic E-state index is 0.503. The molecule has 2 saturated heterocycles. The van der Waals surface area contributed by atoms with Gasteiger partial charge in [-0.15, -0.1) is 0 Å². The molecule has 2 aromatic carbocycles. The zero-order valence-electron chi connectivity index (χ0n) is 18.0. The molecule has 2 unspecified atom stereocenters. The number of carbonyl (C=O) groups excluding carboxylic acids is 1. The van der Waals surface area contributed by atoms with Gasteiger partial charge in [0.2, 0.25) is 0 Å². The largest absolute Gasteiger partial charge is 0.346 e. The molecule has 0 aromatic heterocycles. The Morgan fingerprint density at radius 2 is 1.66 bits per heavy atom. The number of alkyl halides is 4. The molecule has 0 spiro atoms. The highest BCUT2D eigenvalue weighted by Gasteiger charge is 2.51. The molecule has 0 bridgehead atoms. The number of hydrogen-bond donors (Lipinski definition) is 0. The number of nitrogens with zero attached hydrogens (tertiary/aromatic N) is 2. The van der Waals surface area contributed by atoms with E-state index in [1.165, 1.54) is 4.90 Å². The van der Waals surface area contributed by atoms with E-state index in [9.17, 15) is 13.6 Å². The predicted octanol–water partition coefficient (Wildman–Crippen LogP) is 5.29. The van der Waals surface area contributed by atoms with E-state index in [0.717, 1.165) is 28.8 Å². The molecule has 2 atom stereocenters. The summed E-state index contributed by atoms with van der Waals surface area (Å²) in [4.78, 5) is 14.6. The lowest BCUT2D eigenvalue weighted by Gasteiger charge is -2.34. The molecule has 2 heterocycles. The highest BCUT2D eigenvalue weighted by atomic mass is 35.5. The van der Waals surface area contributed by atoms with Crippen LogP contribution in [0.4, 0.5) is 8.78 Å². The van der Waals surface area contributed by atoms with Gasteiger partial charge in [-0.1, -0.05) is 71.7 Å². The van der Waals surface area contributed by atoms with Gasteiger partial charge in [0.05, 0.1) is 6.04 Å². The zero-order chi connectivity index (χ0) is 23.0. The molecule has 172 valence electrons. The first-order valence-electron chi connectivity index (χ1n) is 10.6. The Hall–Kier alpha value is -1.73. The molecule has 0 saturated carbocycles. The van der Waals surface area contributed by atoms with Crippen LogP contribution in [0.2, 0.25) is 0 Å². The molecule has 32 heavy (non-hydrogen) atoms. The molecule has 0 radical (unpaired) electrons. The van der Waals surface area contributed by atoms with Gasteiger partial charge in [-0.25, -0.2) is 8.78 Å². The predicted molar refractivity (Wildman–Crippen MR) is 122 cm³/mol. The fraction of sp³-hybridized carbons (Fsp3) is 0.458. The number of likely N-dealkylation sites (tertiary alicyclic amines) is 1. The number of rotatable bonds is 6. The highest BCUT2D eigenvalue weighted by molar-refractivity contribution is 6.53. The van der Waals surface area contributed by atoms with Crippen molar-refractivity contribution in [3.63, 3.8) is 0 Å². The zero-order valence-corrected chi connectivity index (χ0v) is 19.5. The second kappa shape index (κ2) is 9.26. The Bertz CT molecular complexity index is 947. The number of carbonyl (C=O) groups is 1. The number of benzene rings is 2. The molecule has 4 rings (SSSR count). The molecular weight excluding hydrogens is 457 g/mol. The average molecular weight is 483 g/mol. The summed E-state index contributed by atoms with van der Waals surface area (Å²) in [6, 6.07) is 15.1. The summed E-state index contributed by atoms with van der Waals surface area (Å²) >= 11 is 11.5. The van der Waals surface area contributed by atoms with Crippen LogP contribution in [0.3, 0.4) is 0 Å². The minimum Gasteiger partial charge on any atom is -0.346 e. The van der Waals surface area contributed by atoms with Crippen LogP contribution in [0, 0.1) is 0 Å². The molecule has 2 aliphatic rings. The fourth-order valence-electron chi connectivity index (χ4n) is 4.52. The number of halogens is 4. The van der Waals surface area contributed by atoms with Crippen molar-refractivity contribution in [1.29, 1.82) is 0 Å². The first-order valence-corrected chi connectivity index (χ1v) is 11.5. The van der Waals surface area contributed by atoms with Gasteiger partial charge >= 0.3 is 0 Å². The standard InChI is InChI=1S/C24H26Cl2F2N2O2/c1-24(2)30(23(31)22(25)26)20(11-27)21(32-24)18-9-7-17(8-10-18)16-5-3-15(4-6-16)12-29-13-19(28)14-29/h3-10,19-22H,11-14H2,1-2H3. The van der Waals surface area contributed by atoms with E-state index in [4.69, 9.17) is 27.9 Å². The summed E-state index contributed by atoms with van der Waals surface area (Å²) < 4.78 is 33.0. The second-order valence-electron chi connectivity index (χ2n) is 8.83. The van der Waals surface area contributed by atoms with E-state index in [1.807, 2.05) is 36.4 Å². The van der Waals surface area contributed by atoms with Crippen molar-refractivity contribution in [3.8, 4) is 11.1 Å². The van der Waals surface area contributed by atoms with Crippen LogP contribution in [-0.4, -0.2) is 58.2 Å². The Balaban J connectivity index is 1.49. The number of hydrogen-bond acceptors (Lipinski definition) is 3. The average Bonchev–Trinajstić information content (AvgIpc) is 3.03. The third kappa shape index (κ3) is 4.65. The third-order valence-corrected chi connectivity index (χ3v) is 6.48. The number of amides is 1. The molecule has 4 nitrogen and oxygen atoms in total. The second-order valence-corrected chi connectivity index (χ2v) is 9.92. The van der Waals surface area contributed by atoms with Crippen LogP contribution in [-0.2, 0) is 16.1 Å². The van der Waals surface area contributed by atoms with Gasteiger partial charge in [0.25, 0.3) is 5.91 Å². The Morgan fingerprint density at radius 1 is 1.09 bits per heavy atom. The maximum absolute atomic E-state index is 14.0. The normalized spacial score (nSPS) is 23.5. The molecule has 2 aromatic rings. The van der Waals surface area contributed by atoms with E-state index in [0.29, 0.717) is 13.1 Å². The van der Waals surface area contributed by atoms with Crippen molar-refractivity contribution in [2.45, 2.75) is 49.3 Å². The topological polar surface area (TPSA) is 32.8 Å². The van der Waals surface area contributed by atoms with E-state index < -0.39 is 41.5 Å². The smallest absolute Gasteiger partial charge is 0.258 e. The van der Waals surface area contributed by atoms with Gasteiger partial charge < -0.3 is 9.64 Å². The quantitative estimate of drug-likeness (QED) is 0.524. The van der Waals surface area contributed by atoms with Gasteiger partial charge in [0.1, 0.15) is 24.7 Å². The van der Waals surface area contributed by atoms with Crippen LogP contribution < -0.4 is 0 Å². The lowest BCUT2D eigenvalue weighted by atomic mass is 9.98. The van der Waals surface area contributed by atoms with Gasteiger partial charge in [0, 0.05) is 19.6 Å². The van der Waals surface area contributed by atoms with Crippen molar-refractivity contribution in [2.24, 2.45) is 0 Å². The first kappa shape index (κ1) is 23.4. The highest BCUT2D eigenvalue weighted by Crippen LogP contribution is 2.42. The Labute approximate surface area is 197 Å². The number of ether oxygens (including phenoxy) is 1. The molecule has 0 aliphatic carbocycles. The van der Waals surface area contributed by atoms with Crippen molar-refractivity contribution < 1.29 is 18.3 Å². The molecule has 2 fully saturated rings. The molecule has 0 N–H and O–H groups in total. The fourth-order valence-corrected chi connectivity index (χ4v) is 4.73. The third-order valence-electron chi connectivity index (χ3n) is 6.10. The Kier molecular flexibility index (Phi) is 6.78. The summed E-state index contributed by atoms with van der Waals surface area (Å²) in [6.45, 7) is 4.38. The molecular formula is C24H26Cl2F2N2O2. The summed E-state index contributed by atoms with van der Waals surface area (Å²) in [7, 11) is 0. The summed E-state index contributed by atoms with van der Waals surface area (Å²) in [6.07, 6.45) is -1.32. The summed E-state index contributed by atoms with van der Waals surface area (Å²) in [5, 5.41) is 0.